The van der Waals surface area contributed by atoms with Crippen LogP contribution in [-0.2, 0) is 9.59 Å². The van der Waals surface area contributed by atoms with Gasteiger partial charge in [-0.3, -0.25) is 24.0 Å². The van der Waals surface area contributed by atoms with E-state index in [9.17, 15) is 44.4 Å². The zero-order chi connectivity index (χ0) is 36.6. The molecule has 1 aromatic rings. The lowest BCUT2D eigenvalue weighted by Crippen LogP contribution is -2.31. The average Bonchev–Trinajstić information content (AvgIpc) is 3.05. The van der Waals surface area contributed by atoms with Gasteiger partial charge in [0.1, 0.15) is 5.75 Å². The van der Waals surface area contributed by atoms with E-state index in [2.05, 4.69) is 5.32 Å². The maximum Gasteiger partial charge on any atom is 0.248 e. The second kappa shape index (κ2) is 17.1. The number of phenols is 1. The number of aliphatic hydroxyl groups is 3. The molecule has 0 unspecified atom stereocenters. The van der Waals surface area contributed by atoms with E-state index in [1.165, 1.54) is 38.1 Å². The summed E-state index contributed by atoms with van der Waals surface area (Å²) in [6.45, 7) is 9.76. The van der Waals surface area contributed by atoms with Crippen LogP contribution >= 0.6 is 0 Å². The van der Waals surface area contributed by atoms with Crippen LogP contribution in [0.25, 0.3) is 0 Å². The summed E-state index contributed by atoms with van der Waals surface area (Å²) in [5, 5.41) is 45.3. The second-order valence-corrected chi connectivity index (χ2v) is 12.7. The van der Waals surface area contributed by atoms with Crippen LogP contribution in [0, 0.1) is 24.7 Å². The quantitative estimate of drug-likeness (QED) is 0.244. The molecule has 0 radical (unpaired) electrons. The molecule has 4 rings (SSSR count). The first-order valence-electron chi connectivity index (χ1n) is 16.2. The molecule has 2 aliphatic heterocycles. The van der Waals surface area contributed by atoms with Gasteiger partial charge in [-0.15, -0.1) is 0 Å². The number of hydrogen-bond acceptors (Lipinski definition) is 9. The number of rotatable bonds is 0. The summed E-state index contributed by atoms with van der Waals surface area (Å²) in [7, 11) is 0. The van der Waals surface area contributed by atoms with Crippen LogP contribution in [0.2, 0.25) is 0 Å². The van der Waals surface area contributed by atoms with Crippen LogP contribution in [0.5, 0.6) is 5.75 Å². The molecule has 0 saturated heterocycles. The van der Waals surface area contributed by atoms with E-state index in [0.29, 0.717) is 5.57 Å². The van der Waals surface area contributed by atoms with E-state index in [1.54, 1.807) is 64.2 Å². The monoisotopic (exact) mass is 671 g/mol. The molecule has 0 fully saturated rings. The number of carbonyl (C=O) groups excluding carboxylic acids is 5. The zero-order valence-corrected chi connectivity index (χ0v) is 28.6. The highest BCUT2D eigenvalue weighted by Crippen LogP contribution is 2.35. The van der Waals surface area contributed by atoms with Crippen molar-refractivity contribution in [2.24, 2.45) is 17.8 Å². The van der Waals surface area contributed by atoms with Gasteiger partial charge >= 0.3 is 0 Å². The Morgan fingerprint density at radius 3 is 2.12 bits per heavy atom. The van der Waals surface area contributed by atoms with Gasteiger partial charge in [0.25, 0.3) is 0 Å². The Morgan fingerprint density at radius 1 is 0.755 bits per heavy atom. The number of nitrogens with one attached hydrogen (secondary N) is 1. The van der Waals surface area contributed by atoms with Crippen LogP contribution < -0.4 is 5.32 Å². The predicted octanol–water partition coefficient (Wildman–Crippen LogP) is 4.73. The van der Waals surface area contributed by atoms with Crippen LogP contribution in [-0.4, -0.2) is 67.8 Å². The summed E-state index contributed by atoms with van der Waals surface area (Å²) in [6.07, 6.45) is 13.4. The number of aliphatic hydroxyl groups excluding tert-OH is 3. The first-order valence-corrected chi connectivity index (χ1v) is 16.2. The zero-order valence-electron chi connectivity index (χ0n) is 28.6. The maximum absolute atomic E-state index is 13.7. The molecule has 3 aliphatic rings. The molecular formula is C39H45NO9. The molecular weight excluding hydrogens is 626 g/mol. The topological polar surface area (TPSA) is 178 Å². The van der Waals surface area contributed by atoms with Gasteiger partial charge in [0.2, 0.25) is 11.7 Å². The van der Waals surface area contributed by atoms with E-state index in [1.807, 2.05) is 0 Å². The third-order valence-corrected chi connectivity index (χ3v) is 8.67. The average molecular weight is 672 g/mol. The molecule has 0 aromatic heterocycles. The smallest absolute Gasteiger partial charge is 0.248 e. The Kier molecular flexibility index (Phi) is 13.5. The van der Waals surface area contributed by atoms with Crippen molar-refractivity contribution in [3.8, 4) is 5.75 Å². The van der Waals surface area contributed by atoms with Gasteiger partial charge < -0.3 is 25.7 Å². The molecule has 10 heteroatoms. The number of allylic oxidation sites excluding steroid dienone is 8. The third-order valence-electron chi connectivity index (χ3n) is 8.67. The summed E-state index contributed by atoms with van der Waals surface area (Å²) in [5.41, 5.74) is -0.339. The van der Waals surface area contributed by atoms with E-state index in [-0.39, 0.29) is 58.1 Å². The van der Waals surface area contributed by atoms with Crippen LogP contribution in [0.3, 0.4) is 0 Å². The number of amides is 1. The Balaban J connectivity index is 2.01. The number of aromatic hydroxyl groups is 1. The number of phenolic OH excluding ortho intramolecular Hbond substituents is 1. The van der Waals surface area contributed by atoms with Gasteiger partial charge in [-0.05, 0) is 50.0 Å². The molecule has 49 heavy (non-hydrogen) atoms. The second-order valence-electron chi connectivity index (χ2n) is 12.7. The highest BCUT2D eigenvalue weighted by atomic mass is 16.3. The van der Waals surface area contributed by atoms with Crippen LogP contribution in [0.15, 0.2) is 89.7 Å². The van der Waals surface area contributed by atoms with Gasteiger partial charge in [-0.1, -0.05) is 75.5 Å². The first kappa shape index (κ1) is 38.7. The minimum atomic E-state index is -0.986. The van der Waals surface area contributed by atoms with E-state index in [0.717, 1.165) is 12.2 Å². The lowest BCUT2D eigenvalue weighted by molar-refractivity contribution is -0.118. The number of carbonyl (C=O) groups is 5. The minimum Gasteiger partial charge on any atom is -0.507 e. The highest BCUT2D eigenvalue weighted by Gasteiger charge is 2.34. The maximum atomic E-state index is 13.7. The van der Waals surface area contributed by atoms with Gasteiger partial charge in [0.05, 0.1) is 29.6 Å². The normalized spacial score (nSPS) is 29.8. The number of aryl methyl sites for hydroxylation is 1. The summed E-state index contributed by atoms with van der Waals surface area (Å²) in [5.74, 6) is -4.96. The van der Waals surface area contributed by atoms with E-state index >= 15 is 0 Å². The van der Waals surface area contributed by atoms with Gasteiger partial charge in [0, 0.05) is 47.5 Å². The summed E-state index contributed by atoms with van der Waals surface area (Å²) < 4.78 is 0. The van der Waals surface area contributed by atoms with Crippen LogP contribution in [0.4, 0.5) is 0 Å². The Morgan fingerprint density at radius 2 is 1.43 bits per heavy atom. The molecule has 260 valence electrons. The largest absolute Gasteiger partial charge is 0.507 e. The van der Waals surface area contributed by atoms with Crippen molar-refractivity contribution in [1.29, 1.82) is 0 Å². The molecule has 5 N–H and O–H groups in total. The van der Waals surface area contributed by atoms with Crippen molar-refractivity contribution in [3.05, 3.63) is 112 Å². The van der Waals surface area contributed by atoms with Crippen molar-refractivity contribution < 1.29 is 44.4 Å². The molecule has 6 atom stereocenters. The van der Waals surface area contributed by atoms with Crippen molar-refractivity contribution in [2.45, 2.75) is 72.7 Å². The minimum absolute atomic E-state index is 0.109. The lowest BCUT2D eigenvalue weighted by Gasteiger charge is -2.22. The molecule has 2 heterocycles. The Hall–Kier alpha value is -4.77. The number of ketones is 4. The number of fused-ring (bicyclic) bond motifs is 18. The highest BCUT2D eigenvalue weighted by molar-refractivity contribution is 6.30. The van der Waals surface area contributed by atoms with Gasteiger partial charge in [-0.25, -0.2) is 0 Å². The molecule has 1 amide bonds. The molecule has 0 spiro atoms. The van der Waals surface area contributed by atoms with Crippen molar-refractivity contribution in [2.75, 3.05) is 0 Å². The molecule has 0 saturated carbocycles. The van der Waals surface area contributed by atoms with Crippen molar-refractivity contribution >= 4 is 29.0 Å². The van der Waals surface area contributed by atoms with E-state index in [4.69, 9.17) is 0 Å². The number of benzene rings is 1. The fraction of sp³-hybridized carbons (Fsp3) is 0.359. The molecule has 10 nitrogen and oxygen atoms in total. The van der Waals surface area contributed by atoms with Crippen molar-refractivity contribution in [1.82, 2.24) is 5.32 Å². The molecule has 1 aliphatic carbocycles. The third kappa shape index (κ3) is 9.88. The first-order chi connectivity index (χ1) is 23.0. The van der Waals surface area contributed by atoms with E-state index < -0.39 is 59.2 Å². The van der Waals surface area contributed by atoms with Gasteiger partial charge in [-0.2, -0.15) is 0 Å². The fourth-order valence-corrected chi connectivity index (χ4v) is 5.47. The SMILES string of the molecule is CC1=C[C@H](C)[C@@H](O)[C@@H](C)/C=C\[C@@H](O)C/C=C(/C)C(=O)C[C@H](O)[C@@H](C)/C=C\C=C/C=CC(=O)NC2=CC(=O)c3c(cc(C)c(O)c3C1=O)C2=O. The number of hydrogen-bond donors (Lipinski definition) is 5. The van der Waals surface area contributed by atoms with Crippen molar-refractivity contribution in [3.63, 3.8) is 0 Å². The Bertz CT molecular complexity index is 1720. The van der Waals surface area contributed by atoms with Crippen LogP contribution in [0.1, 0.15) is 84.1 Å². The lowest BCUT2D eigenvalue weighted by atomic mass is 9.83. The number of Topliss-reactive ketones (excluding diaryl/α,β-unsaturated/α-hetero) is 3. The summed E-state index contributed by atoms with van der Waals surface area (Å²) in [4.78, 5) is 65.7. The predicted molar refractivity (Wildman–Crippen MR) is 186 cm³/mol. The van der Waals surface area contributed by atoms with Gasteiger partial charge in [0.15, 0.2) is 17.3 Å². The Labute approximate surface area is 286 Å². The fourth-order valence-electron chi connectivity index (χ4n) is 5.47. The molecule has 4 bridgehead atoms. The summed E-state index contributed by atoms with van der Waals surface area (Å²) in [6, 6.07) is 1.30. The standard InChI is InChI=1S/C39H45NO9/c1-21-11-9-7-8-10-12-33(45)40-29-19-32(44)34-28(39(29)49)18-26(6)38(48)35(34)37(47)25(5)17-24(4)36(46)23(3)14-16-27(41)15-13-22(2)31(43)20-30(21)42/h7-14,16-19,21,23-24,27,30,36,41-42,46,48H,15,20H2,1-6H3,(H,40,45)/b8-7-,11-9-,12-10?,16-14-,22-13-,25-17?/t21-,23-,24-,27-,30-,36-/m0/s1. The summed E-state index contributed by atoms with van der Waals surface area (Å²) >= 11 is 0. The molecule has 1 aromatic carbocycles.